The Kier molecular flexibility index (Phi) is 5.90. The van der Waals surface area contributed by atoms with Crippen LogP contribution in [0.15, 0.2) is 42.6 Å². The summed E-state index contributed by atoms with van der Waals surface area (Å²) in [6.07, 6.45) is 3.80. The summed E-state index contributed by atoms with van der Waals surface area (Å²) in [5.41, 5.74) is 8.56. The van der Waals surface area contributed by atoms with Gasteiger partial charge in [0, 0.05) is 25.4 Å². The molecule has 3 N–H and O–H groups in total. The second-order valence-electron chi connectivity index (χ2n) is 6.48. The molecule has 1 saturated heterocycles. The predicted octanol–water partition coefficient (Wildman–Crippen LogP) is 2.68. The highest BCUT2D eigenvalue weighted by molar-refractivity contribution is 6.02. The average Bonchev–Trinajstić information content (AvgIpc) is 2.72. The van der Waals surface area contributed by atoms with E-state index in [9.17, 15) is 9.59 Å². The van der Waals surface area contributed by atoms with E-state index in [1.807, 2.05) is 30.3 Å². The number of pyridine rings is 1. The number of benzene rings is 1. The summed E-state index contributed by atoms with van der Waals surface area (Å²) in [4.78, 5) is 30.7. The number of aromatic nitrogens is 1. The van der Waals surface area contributed by atoms with Crippen molar-refractivity contribution in [2.45, 2.75) is 25.3 Å². The van der Waals surface area contributed by atoms with Gasteiger partial charge in [-0.3, -0.25) is 9.78 Å². The first kappa shape index (κ1) is 18.7. The Labute approximate surface area is 158 Å². The number of hydrogen-bond acceptors (Lipinski definition) is 5. The standard InChI is InChI=1S/C20H24N4O3/c1-22-20(26)27-13-15-9-5-6-12-24(15)19(25)16-10-11-23-18(17(16)21)14-7-3-2-4-8-14/h2-4,7-8,10-11,15H,5-6,9,12-13,21H2,1H3,(H,22,26). The van der Waals surface area contributed by atoms with E-state index in [2.05, 4.69) is 10.3 Å². The molecule has 1 unspecified atom stereocenters. The Morgan fingerprint density at radius 1 is 1.26 bits per heavy atom. The number of ether oxygens (including phenoxy) is 1. The highest BCUT2D eigenvalue weighted by atomic mass is 16.5. The molecule has 2 aromatic rings. The van der Waals surface area contributed by atoms with Gasteiger partial charge >= 0.3 is 6.09 Å². The van der Waals surface area contributed by atoms with Crippen molar-refractivity contribution in [3.63, 3.8) is 0 Å². The fourth-order valence-corrected chi connectivity index (χ4v) is 3.33. The summed E-state index contributed by atoms with van der Waals surface area (Å²) in [6, 6.07) is 11.0. The van der Waals surface area contributed by atoms with Crippen LogP contribution >= 0.6 is 0 Å². The smallest absolute Gasteiger partial charge is 0.406 e. The Hall–Kier alpha value is -3.09. The van der Waals surface area contributed by atoms with Gasteiger partial charge in [-0.25, -0.2) is 4.79 Å². The maximum atomic E-state index is 13.2. The highest BCUT2D eigenvalue weighted by Crippen LogP contribution is 2.28. The Bertz CT molecular complexity index is 810. The molecule has 0 saturated carbocycles. The van der Waals surface area contributed by atoms with Crippen molar-refractivity contribution >= 4 is 17.7 Å². The van der Waals surface area contributed by atoms with Gasteiger partial charge in [0.25, 0.3) is 5.91 Å². The maximum absolute atomic E-state index is 13.2. The number of rotatable bonds is 4. The number of anilines is 1. The van der Waals surface area contributed by atoms with E-state index in [0.29, 0.717) is 23.5 Å². The van der Waals surface area contributed by atoms with E-state index >= 15 is 0 Å². The Morgan fingerprint density at radius 3 is 2.78 bits per heavy atom. The monoisotopic (exact) mass is 368 g/mol. The van der Waals surface area contributed by atoms with E-state index in [4.69, 9.17) is 10.5 Å². The van der Waals surface area contributed by atoms with Crippen LogP contribution in [0.2, 0.25) is 0 Å². The zero-order valence-electron chi connectivity index (χ0n) is 15.4. The summed E-state index contributed by atoms with van der Waals surface area (Å²) in [5, 5.41) is 2.42. The van der Waals surface area contributed by atoms with E-state index < -0.39 is 6.09 Å². The summed E-state index contributed by atoms with van der Waals surface area (Å²) >= 11 is 0. The minimum atomic E-state index is -0.497. The molecule has 1 aromatic heterocycles. The molecule has 0 bridgehead atoms. The van der Waals surface area contributed by atoms with Gasteiger partial charge in [-0.05, 0) is 25.3 Å². The number of nitrogens with zero attached hydrogens (tertiary/aromatic N) is 2. The van der Waals surface area contributed by atoms with Crippen LogP contribution in [-0.2, 0) is 4.74 Å². The molecule has 2 heterocycles. The fraction of sp³-hybridized carbons (Fsp3) is 0.350. The molecule has 142 valence electrons. The third-order valence-electron chi connectivity index (χ3n) is 4.77. The first-order chi connectivity index (χ1) is 13.1. The second kappa shape index (κ2) is 8.53. The molecule has 3 rings (SSSR count). The van der Waals surface area contributed by atoms with Crippen LogP contribution in [0.5, 0.6) is 0 Å². The molecule has 0 radical (unpaired) electrons. The van der Waals surface area contributed by atoms with Gasteiger partial charge in [-0.2, -0.15) is 0 Å². The number of amides is 2. The number of nitrogens with one attached hydrogen (secondary N) is 1. The van der Waals surface area contributed by atoms with Gasteiger partial charge in [0.1, 0.15) is 6.61 Å². The predicted molar refractivity (Wildman–Crippen MR) is 103 cm³/mol. The number of alkyl carbamates (subject to hydrolysis) is 1. The van der Waals surface area contributed by atoms with Gasteiger partial charge in [0.2, 0.25) is 0 Å². The van der Waals surface area contributed by atoms with Crippen molar-refractivity contribution in [2.75, 3.05) is 25.9 Å². The Morgan fingerprint density at radius 2 is 2.04 bits per heavy atom. The van der Waals surface area contributed by atoms with Crippen molar-refractivity contribution < 1.29 is 14.3 Å². The summed E-state index contributed by atoms with van der Waals surface area (Å²) < 4.78 is 5.18. The molecular formula is C20H24N4O3. The quantitative estimate of drug-likeness (QED) is 0.865. The fourth-order valence-electron chi connectivity index (χ4n) is 3.33. The van der Waals surface area contributed by atoms with E-state index in [1.165, 1.54) is 7.05 Å². The minimum absolute atomic E-state index is 0.155. The lowest BCUT2D eigenvalue weighted by atomic mass is 10.00. The van der Waals surface area contributed by atoms with Gasteiger partial charge in [0.05, 0.1) is 23.0 Å². The third-order valence-corrected chi connectivity index (χ3v) is 4.77. The van der Waals surface area contributed by atoms with Crippen LogP contribution in [0.4, 0.5) is 10.5 Å². The van der Waals surface area contributed by atoms with Gasteiger partial charge in [-0.1, -0.05) is 30.3 Å². The molecule has 7 heteroatoms. The first-order valence-corrected chi connectivity index (χ1v) is 9.07. The lowest BCUT2D eigenvalue weighted by molar-refractivity contribution is 0.0452. The molecule has 7 nitrogen and oxygen atoms in total. The zero-order valence-corrected chi connectivity index (χ0v) is 15.4. The molecule has 1 aliphatic heterocycles. The van der Waals surface area contributed by atoms with Crippen molar-refractivity contribution in [1.82, 2.24) is 15.2 Å². The maximum Gasteiger partial charge on any atom is 0.406 e. The van der Waals surface area contributed by atoms with Crippen LogP contribution in [-0.4, -0.2) is 48.1 Å². The number of nitrogens with two attached hydrogens (primary N) is 1. The topological polar surface area (TPSA) is 97.5 Å². The summed E-state index contributed by atoms with van der Waals surface area (Å²) in [6.45, 7) is 0.783. The number of nitrogen functional groups attached to an aromatic ring is 1. The van der Waals surface area contributed by atoms with Crippen molar-refractivity contribution in [1.29, 1.82) is 0 Å². The van der Waals surface area contributed by atoms with Gasteiger partial charge in [-0.15, -0.1) is 0 Å². The minimum Gasteiger partial charge on any atom is -0.447 e. The molecular weight excluding hydrogens is 344 g/mol. The number of carbonyl (C=O) groups is 2. The largest absolute Gasteiger partial charge is 0.447 e. The Balaban J connectivity index is 1.84. The highest BCUT2D eigenvalue weighted by Gasteiger charge is 2.30. The molecule has 1 fully saturated rings. The second-order valence-corrected chi connectivity index (χ2v) is 6.48. The first-order valence-electron chi connectivity index (χ1n) is 9.07. The van der Waals surface area contributed by atoms with Crippen molar-refractivity contribution in [2.24, 2.45) is 0 Å². The molecule has 0 aliphatic carbocycles. The van der Waals surface area contributed by atoms with Crippen molar-refractivity contribution in [3.05, 3.63) is 48.2 Å². The SMILES string of the molecule is CNC(=O)OCC1CCCCN1C(=O)c1ccnc(-c2ccccc2)c1N. The normalized spacial score (nSPS) is 16.6. The molecule has 2 amide bonds. The summed E-state index contributed by atoms with van der Waals surface area (Å²) in [7, 11) is 1.51. The van der Waals surface area contributed by atoms with E-state index in [0.717, 1.165) is 24.8 Å². The van der Waals surface area contributed by atoms with Crippen LogP contribution < -0.4 is 11.1 Å². The molecule has 0 spiro atoms. The van der Waals surface area contributed by atoms with Crippen LogP contribution in [0.3, 0.4) is 0 Å². The van der Waals surface area contributed by atoms with Crippen molar-refractivity contribution in [3.8, 4) is 11.3 Å². The average molecular weight is 368 g/mol. The summed E-state index contributed by atoms with van der Waals surface area (Å²) in [5.74, 6) is -0.155. The number of likely N-dealkylation sites (tertiary alicyclic amines) is 1. The molecule has 27 heavy (non-hydrogen) atoms. The molecule has 1 atom stereocenters. The number of piperidine rings is 1. The number of carbonyl (C=O) groups excluding carboxylic acids is 2. The number of hydrogen-bond donors (Lipinski definition) is 2. The third kappa shape index (κ3) is 4.19. The lowest BCUT2D eigenvalue weighted by Gasteiger charge is -2.35. The van der Waals surface area contributed by atoms with Gasteiger partial charge < -0.3 is 20.7 Å². The molecule has 1 aromatic carbocycles. The lowest BCUT2D eigenvalue weighted by Crippen LogP contribution is -2.47. The zero-order chi connectivity index (χ0) is 19.2. The van der Waals surface area contributed by atoms with Crippen LogP contribution in [0.25, 0.3) is 11.3 Å². The van der Waals surface area contributed by atoms with E-state index in [-0.39, 0.29) is 18.6 Å². The van der Waals surface area contributed by atoms with Crippen LogP contribution in [0, 0.1) is 0 Å². The molecule has 1 aliphatic rings. The van der Waals surface area contributed by atoms with E-state index in [1.54, 1.807) is 17.2 Å². The van der Waals surface area contributed by atoms with Gasteiger partial charge in [0.15, 0.2) is 0 Å². The van der Waals surface area contributed by atoms with Crippen LogP contribution in [0.1, 0.15) is 29.6 Å².